The molecule has 2 amide bonds. The third-order valence-electron chi connectivity index (χ3n) is 3.83. The van der Waals surface area contributed by atoms with Crippen LogP contribution in [0, 0.1) is 5.41 Å². The van der Waals surface area contributed by atoms with Gasteiger partial charge in [0.05, 0.1) is 0 Å². The van der Waals surface area contributed by atoms with Crippen molar-refractivity contribution in [3.8, 4) is 5.75 Å². The molecule has 0 N–H and O–H groups in total. The van der Waals surface area contributed by atoms with Crippen molar-refractivity contribution in [3.63, 3.8) is 0 Å². The van der Waals surface area contributed by atoms with Gasteiger partial charge >= 0.3 is 6.36 Å². The lowest BCUT2D eigenvalue weighted by atomic mass is 9.91. The number of ether oxygens (including phenoxy) is 2. The zero-order valence-corrected chi connectivity index (χ0v) is 15.7. The quantitative estimate of drug-likeness (QED) is 0.775. The Bertz CT molecular complexity index is 701. The standard InChI is InChI=1S/C18H23F3N2O4/c1-5-22(14(24)10-17(2,3)4)16-15(25)23(11-26-16)12-7-6-8-13(9-12)27-18(19,20)21/h6-9,16H,5,10-11H2,1-4H3. The molecule has 1 aliphatic rings. The van der Waals surface area contributed by atoms with Crippen LogP contribution in [0.2, 0.25) is 0 Å². The lowest BCUT2D eigenvalue weighted by molar-refractivity contribution is -0.274. The van der Waals surface area contributed by atoms with E-state index in [9.17, 15) is 22.8 Å². The van der Waals surface area contributed by atoms with Gasteiger partial charge in [0, 0.05) is 24.7 Å². The van der Waals surface area contributed by atoms with Gasteiger partial charge in [0.25, 0.3) is 5.91 Å². The van der Waals surface area contributed by atoms with Crippen LogP contribution in [0.25, 0.3) is 0 Å². The van der Waals surface area contributed by atoms with E-state index in [-0.39, 0.29) is 36.7 Å². The number of carbonyl (C=O) groups is 2. The first-order chi connectivity index (χ1) is 12.4. The molecule has 0 aromatic heterocycles. The van der Waals surface area contributed by atoms with Crippen LogP contribution in [0.3, 0.4) is 0 Å². The number of rotatable bonds is 5. The molecule has 0 radical (unpaired) electrons. The molecule has 1 fully saturated rings. The van der Waals surface area contributed by atoms with Crippen molar-refractivity contribution in [3.05, 3.63) is 24.3 Å². The monoisotopic (exact) mass is 388 g/mol. The molecular weight excluding hydrogens is 365 g/mol. The molecule has 0 saturated carbocycles. The third kappa shape index (κ3) is 5.59. The van der Waals surface area contributed by atoms with Gasteiger partial charge in [-0.2, -0.15) is 0 Å². The van der Waals surface area contributed by atoms with Crippen molar-refractivity contribution in [2.24, 2.45) is 5.41 Å². The maximum Gasteiger partial charge on any atom is 0.573 e. The number of nitrogens with zero attached hydrogens (tertiary/aromatic N) is 2. The Balaban J connectivity index is 2.16. The molecular formula is C18H23F3N2O4. The zero-order valence-electron chi connectivity index (χ0n) is 15.7. The summed E-state index contributed by atoms with van der Waals surface area (Å²) < 4.78 is 46.5. The fourth-order valence-corrected chi connectivity index (χ4v) is 2.72. The number of halogens is 3. The highest BCUT2D eigenvalue weighted by atomic mass is 19.4. The van der Waals surface area contributed by atoms with Crippen LogP contribution in [0.5, 0.6) is 5.75 Å². The van der Waals surface area contributed by atoms with Gasteiger partial charge in [-0.15, -0.1) is 13.2 Å². The van der Waals surface area contributed by atoms with Crippen molar-refractivity contribution >= 4 is 17.5 Å². The number of alkyl halides is 3. The Morgan fingerprint density at radius 1 is 1.33 bits per heavy atom. The van der Waals surface area contributed by atoms with E-state index in [0.717, 1.165) is 12.1 Å². The summed E-state index contributed by atoms with van der Waals surface area (Å²) in [5.41, 5.74) is -0.0571. The second-order valence-corrected chi connectivity index (χ2v) is 7.38. The fourth-order valence-electron chi connectivity index (χ4n) is 2.72. The molecule has 9 heteroatoms. The molecule has 2 rings (SSSR count). The molecule has 1 aromatic rings. The third-order valence-corrected chi connectivity index (χ3v) is 3.83. The highest BCUT2D eigenvalue weighted by molar-refractivity contribution is 5.99. The molecule has 1 aromatic carbocycles. The number of likely N-dealkylation sites (N-methyl/N-ethyl adjacent to an activating group) is 1. The number of hydrogen-bond donors (Lipinski definition) is 0. The van der Waals surface area contributed by atoms with Crippen molar-refractivity contribution in [2.45, 2.75) is 46.7 Å². The molecule has 0 bridgehead atoms. The van der Waals surface area contributed by atoms with E-state index in [2.05, 4.69) is 4.74 Å². The van der Waals surface area contributed by atoms with Gasteiger partial charge in [-0.3, -0.25) is 14.5 Å². The SMILES string of the molecule is CCN(C(=O)CC(C)(C)C)C1OCN(c2cccc(OC(F)(F)F)c2)C1=O. The van der Waals surface area contributed by atoms with Gasteiger partial charge in [-0.1, -0.05) is 26.8 Å². The van der Waals surface area contributed by atoms with E-state index in [1.54, 1.807) is 6.92 Å². The van der Waals surface area contributed by atoms with Crippen LogP contribution in [-0.4, -0.2) is 42.6 Å². The highest BCUT2D eigenvalue weighted by Gasteiger charge is 2.40. The largest absolute Gasteiger partial charge is 0.573 e. The number of hydrogen-bond acceptors (Lipinski definition) is 4. The second-order valence-electron chi connectivity index (χ2n) is 7.38. The fraction of sp³-hybridized carbons (Fsp3) is 0.556. The van der Waals surface area contributed by atoms with E-state index >= 15 is 0 Å². The van der Waals surface area contributed by atoms with Crippen molar-refractivity contribution < 1.29 is 32.2 Å². The number of carbonyl (C=O) groups excluding carboxylic acids is 2. The summed E-state index contributed by atoms with van der Waals surface area (Å²) in [4.78, 5) is 27.7. The Morgan fingerprint density at radius 3 is 2.56 bits per heavy atom. The number of benzene rings is 1. The minimum Gasteiger partial charge on any atom is -0.406 e. The Morgan fingerprint density at radius 2 is 2.00 bits per heavy atom. The van der Waals surface area contributed by atoms with Crippen LogP contribution >= 0.6 is 0 Å². The van der Waals surface area contributed by atoms with Gasteiger partial charge in [0.15, 0.2) is 0 Å². The molecule has 1 unspecified atom stereocenters. The smallest absolute Gasteiger partial charge is 0.406 e. The summed E-state index contributed by atoms with van der Waals surface area (Å²) in [5, 5.41) is 0. The molecule has 0 aliphatic carbocycles. The Hall–Kier alpha value is -2.29. The summed E-state index contributed by atoms with van der Waals surface area (Å²) >= 11 is 0. The van der Waals surface area contributed by atoms with Crippen LogP contribution in [-0.2, 0) is 14.3 Å². The van der Waals surface area contributed by atoms with Crippen LogP contribution in [0.4, 0.5) is 18.9 Å². The first kappa shape index (κ1) is 21.0. The van der Waals surface area contributed by atoms with Gasteiger partial charge in [0.1, 0.15) is 12.5 Å². The lowest BCUT2D eigenvalue weighted by Gasteiger charge is -2.28. The van der Waals surface area contributed by atoms with Gasteiger partial charge in [-0.05, 0) is 24.5 Å². The van der Waals surface area contributed by atoms with E-state index in [0.29, 0.717) is 0 Å². The number of anilines is 1. The summed E-state index contributed by atoms with van der Waals surface area (Å²) in [5.74, 6) is -1.17. The van der Waals surface area contributed by atoms with Crippen LogP contribution in [0.15, 0.2) is 24.3 Å². The Kier molecular flexibility index (Phi) is 6.04. The summed E-state index contributed by atoms with van der Waals surface area (Å²) in [6.45, 7) is 7.57. The van der Waals surface area contributed by atoms with E-state index in [1.807, 2.05) is 20.8 Å². The van der Waals surface area contributed by atoms with Crippen molar-refractivity contribution in [1.82, 2.24) is 4.90 Å². The average molecular weight is 388 g/mol. The molecule has 1 atom stereocenters. The first-order valence-corrected chi connectivity index (χ1v) is 8.49. The second kappa shape index (κ2) is 7.75. The van der Waals surface area contributed by atoms with E-state index in [4.69, 9.17) is 4.74 Å². The zero-order chi connectivity index (χ0) is 20.4. The topological polar surface area (TPSA) is 59.1 Å². The average Bonchev–Trinajstić information content (AvgIpc) is 2.87. The Labute approximate surface area is 155 Å². The van der Waals surface area contributed by atoms with E-state index < -0.39 is 24.2 Å². The summed E-state index contributed by atoms with van der Waals surface area (Å²) in [7, 11) is 0. The molecule has 1 aliphatic heterocycles. The molecule has 6 nitrogen and oxygen atoms in total. The van der Waals surface area contributed by atoms with Crippen molar-refractivity contribution in [2.75, 3.05) is 18.2 Å². The molecule has 150 valence electrons. The predicted molar refractivity (Wildman–Crippen MR) is 91.8 cm³/mol. The minimum absolute atomic E-state index is 0.168. The van der Waals surface area contributed by atoms with Crippen LogP contribution in [0.1, 0.15) is 34.1 Å². The highest BCUT2D eigenvalue weighted by Crippen LogP contribution is 2.30. The minimum atomic E-state index is -4.83. The molecule has 27 heavy (non-hydrogen) atoms. The van der Waals surface area contributed by atoms with Crippen LogP contribution < -0.4 is 9.64 Å². The number of amides is 2. The van der Waals surface area contributed by atoms with Gasteiger partial charge in [0.2, 0.25) is 12.1 Å². The molecule has 1 saturated heterocycles. The first-order valence-electron chi connectivity index (χ1n) is 8.49. The van der Waals surface area contributed by atoms with Crippen molar-refractivity contribution in [1.29, 1.82) is 0 Å². The maximum atomic E-state index is 12.7. The normalized spacial score (nSPS) is 18.0. The maximum absolute atomic E-state index is 12.7. The molecule has 0 spiro atoms. The van der Waals surface area contributed by atoms with Gasteiger partial charge in [-0.25, -0.2) is 0 Å². The summed E-state index contributed by atoms with van der Waals surface area (Å²) in [6, 6.07) is 5.06. The van der Waals surface area contributed by atoms with Gasteiger partial charge < -0.3 is 14.4 Å². The molecule has 1 heterocycles. The lowest BCUT2D eigenvalue weighted by Crippen LogP contribution is -2.46. The summed E-state index contributed by atoms with van der Waals surface area (Å²) in [6.07, 6.45) is -5.69. The van der Waals surface area contributed by atoms with E-state index in [1.165, 1.54) is 21.9 Å². The predicted octanol–water partition coefficient (Wildman–Crippen LogP) is 3.52.